The largest absolute Gasteiger partial charge is 0.480 e. The number of allylic oxidation sites excluding steroid dienone is 1. The Hall–Kier alpha value is -3.62. The first-order valence-corrected chi connectivity index (χ1v) is 14.0. The number of likely N-dealkylation sites (tertiary alicyclic amines) is 1. The Morgan fingerprint density at radius 3 is 2.64 bits per heavy atom. The molecule has 0 saturated carbocycles. The summed E-state index contributed by atoms with van der Waals surface area (Å²) in [5, 5.41) is 3.52. The molecule has 3 aliphatic rings. The number of aromatic nitrogens is 3. The van der Waals surface area contributed by atoms with Crippen LogP contribution in [0.1, 0.15) is 42.1 Å². The monoisotopic (exact) mass is 524 g/mol. The van der Waals surface area contributed by atoms with E-state index in [1.54, 1.807) is 25.7 Å². The van der Waals surface area contributed by atoms with E-state index in [-0.39, 0.29) is 11.5 Å². The smallest absolute Gasteiger partial charge is 0.257 e. The van der Waals surface area contributed by atoms with Gasteiger partial charge in [-0.05, 0) is 85.2 Å². The molecule has 1 aliphatic carbocycles. The third kappa shape index (κ3) is 5.44. The molecule has 202 valence electrons. The maximum Gasteiger partial charge on any atom is 0.257 e. The SMILES string of the molecule is CCC1CC(c2cncc(OC)n2)=Cc2cc[nH]c(=O)c2C1=Nc1ccc(CCN2CC3CNCC3C2)cc1. The molecule has 8 nitrogen and oxygen atoms in total. The van der Waals surface area contributed by atoms with Gasteiger partial charge in [-0.15, -0.1) is 0 Å². The third-order valence-electron chi connectivity index (χ3n) is 8.44. The lowest BCUT2D eigenvalue weighted by molar-refractivity contribution is 0.317. The van der Waals surface area contributed by atoms with Crippen LogP contribution in [0.3, 0.4) is 0 Å². The first kappa shape index (κ1) is 25.6. The number of aromatic amines is 1. The predicted octanol–water partition coefficient (Wildman–Crippen LogP) is 3.96. The number of hydrogen-bond acceptors (Lipinski definition) is 7. The van der Waals surface area contributed by atoms with Gasteiger partial charge in [0.25, 0.3) is 5.56 Å². The lowest BCUT2D eigenvalue weighted by atomic mass is 9.90. The van der Waals surface area contributed by atoms with Crippen LogP contribution < -0.4 is 15.6 Å². The normalized spacial score (nSPS) is 23.8. The number of aliphatic imine (C=N–C) groups is 1. The molecule has 2 fully saturated rings. The van der Waals surface area contributed by atoms with Crippen molar-refractivity contribution in [2.24, 2.45) is 22.7 Å². The number of H-pyrrole nitrogens is 1. The Labute approximate surface area is 229 Å². The number of nitrogens with one attached hydrogen (secondary N) is 2. The van der Waals surface area contributed by atoms with Gasteiger partial charge in [-0.1, -0.05) is 19.1 Å². The summed E-state index contributed by atoms with van der Waals surface area (Å²) in [4.78, 5) is 32.6. The molecule has 4 heterocycles. The molecular formula is C31H36N6O2. The molecule has 0 spiro atoms. The van der Waals surface area contributed by atoms with Crippen molar-refractivity contribution in [2.45, 2.75) is 26.2 Å². The minimum atomic E-state index is -0.124. The average Bonchev–Trinajstić information content (AvgIpc) is 3.52. The number of nitrogens with zero attached hydrogens (tertiary/aromatic N) is 4. The molecule has 2 saturated heterocycles. The van der Waals surface area contributed by atoms with Crippen LogP contribution in [0.4, 0.5) is 5.69 Å². The van der Waals surface area contributed by atoms with Gasteiger partial charge >= 0.3 is 0 Å². The molecule has 0 radical (unpaired) electrons. The zero-order chi connectivity index (χ0) is 26.8. The quantitative estimate of drug-likeness (QED) is 0.486. The summed E-state index contributed by atoms with van der Waals surface area (Å²) in [6, 6.07) is 10.5. The minimum Gasteiger partial charge on any atom is -0.480 e. The van der Waals surface area contributed by atoms with E-state index in [2.05, 4.69) is 56.4 Å². The zero-order valence-corrected chi connectivity index (χ0v) is 22.7. The van der Waals surface area contributed by atoms with Crippen molar-refractivity contribution in [3.05, 3.63) is 81.7 Å². The Bertz CT molecular complexity index is 1430. The molecule has 2 aliphatic heterocycles. The number of methoxy groups -OCH3 is 1. The molecular weight excluding hydrogens is 488 g/mol. The topological polar surface area (TPSA) is 95.5 Å². The van der Waals surface area contributed by atoms with Gasteiger partial charge in [0.15, 0.2) is 0 Å². The van der Waals surface area contributed by atoms with E-state index in [0.29, 0.717) is 17.9 Å². The number of fused-ring (bicyclic) bond motifs is 2. The van der Waals surface area contributed by atoms with Gasteiger partial charge in [0.05, 0.1) is 42.2 Å². The summed E-state index contributed by atoms with van der Waals surface area (Å²) in [6.45, 7) is 8.02. The number of hydrogen-bond donors (Lipinski definition) is 2. The second-order valence-corrected chi connectivity index (χ2v) is 10.9. The van der Waals surface area contributed by atoms with E-state index in [1.807, 2.05) is 12.1 Å². The lowest BCUT2D eigenvalue weighted by Crippen LogP contribution is -2.27. The molecule has 39 heavy (non-hydrogen) atoms. The van der Waals surface area contributed by atoms with Gasteiger partial charge < -0.3 is 19.9 Å². The molecule has 3 aromatic rings. The van der Waals surface area contributed by atoms with E-state index in [9.17, 15) is 4.79 Å². The van der Waals surface area contributed by atoms with Crippen molar-refractivity contribution in [2.75, 3.05) is 39.8 Å². The maximum absolute atomic E-state index is 13.1. The molecule has 3 unspecified atom stereocenters. The molecule has 1 aromatic carbocycles. The summed E-state index contributed by atoms with van der Waals surface area (Å²) in [7, 11) is 1.59. The van der Waals surface area contributed by atoms with Gasteiger partial charge in [0, 0.05) is 31.7 Å². The van der Waals surface area contributed by atoms with Crippen molar-refractivity contribution in [1.29, 1.82) is 0 Å². The molecule has 2 N–H and O–H groups in total. The van der Waals surface area contributed by atoms with E-state index < -0.39 is 0 Å². The zero-order valence-electron chi connectivity index (χ0n) is 22.7. The van der Waals surface area contributed by atoms with E-state index in [1.165, 1.54) is 31.7 Å². The van der Waals surface area contributed by atoms with Crippen molar-refractivity contribution < 1.29 is 4.74 Å². The minimum absolute atomic E-state index is 0.0535. The van der Waals surface area contributed by atoms with Crippen LogP contribution in [0.25, 0.3) is 11.6 Å². The second kappa shape index (κ2) is 11.2. The fourth-order valence-electron chi connectivity index (χ4n) is 6.25. The van der Waals surface area contributed by atoms with Gasteiger partial charge in [0.1, 0.15) is 0 Å². The highest BCUT2D eigenvalue weighted by atomic mass is 16.5. The molecule has 6 rings (SSSR count). The maximum atomic E-state index is 13.1. The predicted molar refractivity (Wildman–Crippen MR) is 155 cm³/mol. The Morgan fingerprint density at radius 2 is 1.90 bits per heavy atom. The molecule has 2 aromatic heterocycles. The fourth-order valence-corrected chi connectivity index (χ4v) is 6.25. The summed E-state index contributed by atoms with van der Waals surface area (Å²) < 4.78 is 5.31. The van der Waals surface area contributed by atoms with Gasteiger partial charge in [-0.25, -0.2) is 4.98 Å². The highest BCUT2D eigenvalue weighted by Crippen LogP contribution is 2.34. The third-order valence-corrected chi connectivity index (χ3v) is 8.44. The highest BCUT2D eigenvalue weighted by Gasteiger charge is 2.35. The number of rotatable bonds is 7. The van der Waals surface area contributed by atoms with Gasteiger partial charge in [0.2, 0.25) is 5.88 Å². The van der Waals surface area contributed by atoms with Crippen LogP contribution in [0.5, 0.6) is 5.88 Å². The van der Waals surface area contributed by atoms with Crippen LogP contribution in [0.15, 0.2) is 58.7 Å². The van der Waals surface area contributed by atoms with Crippen LogP contribution in [0, 0.1) is 17.8 Å². The molecule has 0 bridgehead atoms. The first-order valence-electron chi connectivity index (χ1n) is 14.0. The van der Waals surface area contributed by atoms with Crippen LogP contribution in [-0.4, -0.2) is 65.4 Å². The Balaban J connectivity index is 1.25. The van der Waals surface area contributed by atoms with E-state index in [4.69, 9.17) is 9.73 Å². The first-order chi connectivity index (χ1) is 19.1. The molecule has 8 heteroatoms. The van der Waals surface area contributed by atoms with Crippen LogP contribution in [-0.2, 0) is 6.42 Å². The van der Waals surface area contributed by atoms with Gasteiger partial charge in [-0.2, -0.15) is 0 Å². The lowest BCUT2D eigenvalue weighted by Gasteiger charge is -2.18. The summed E-state index contributed by atoms with van der Waals surface area (Å²) in [5.41, 5.74) is 6.13. The van der Waals surface area contributed by atoms with Crippen molar-refractivity contribution >= 4 is 23.0 Å². The van der Waals surface area contributed by atoms with Crippen LogP contribution in [0.2, 0.25) is 0 Å². The fraction of sp³-hybridized carbons (Fsp3) is 0.419. The molecule has 3 atom stereocenters. The van der Waals surface area contributed by atoms with Gasteiger partial charge in [-0.3, -0.25) is 14.8 Å². The summed E-state index contributed by atoms with van der Waals surface area (Å²) in [5.74, 6) is 2.17. The number of ether oxygens (including phenoxy) is 1. The van der Waals surface area contributed by atoms with Crippen molar-refractivity contribution in [3.8, 4) is 5.88 Å². The summed E-state index contributed by atoms with van der Waals surface area (Å²) >= 11 is 0. The Morgan fingerprint density at radius 1 is 1.10 bits per heavy atom. The standard InChI is InChI=1S/C31H36N6O2/c1-3-21-12-23(27-16-33-17-28(36-27)39-2)13-22-8-10-34-31(38)29(22)30(21)35-26-6-4-20(5-7-26)9-11-37-18-24-14-32-15-25(24)19-37/h4-8,10,13,16-17,21,24-25,32H,3,9,11-12,14-15,18-19H2,1-2H3,(H,34,38). The molecule has 0 amide bonds. The van der Waals surface area contributed by atoms with Crippen LogP contribution >= 0.6 is 0 Å². The number of benzene rings is 1. The average molecular weight is 525 g/mol. The summed E-state index contributed by atoms with van der Waals surface area (Å²) in [6.07, 6.45) is 9.67. The van der Waals surface area contributed by atoms with Crippen molar-refractivity contribution in [3.63, 3.8) is 0 Å². The number of pyridine rings is 1. The highest BCUT2D eigenvalue weighted by molar-refractivity contribution is 6.09. The Kier molecular flexibility index (Phi) is 7.39. The van der Waals surface area contributed by atoms with E-state index >= 15 is 0 Å². The second-order valence-electron chi connectivity index (χ2n) is 10.9. The van der Waals surface area contributed by atoms with E-state index in [0.717, 1.165) is 59.5 Å². The van der Waals surface area contributed by atoms with Crippen molar-refractivity contribution in [1.82, 2.24) is 25.2 Å².